The summed E-state index contributed by atoms with van der Waals surface area (Å²) >= 11 is 0. The van der Waals surface area contributed by atoms with Crippen molar-refractivity contribution in [3.8, 4) is 0 Å². The molecule has 1 heterocycles. The van der Waals surface area contributed by atoms with Gasteiger partial charge in [-0.1, -0.05) is 56.3 Å². The number of pyridine rings is 1. The highest BCUT2D eigenvalue weighted by Crippen LogP contribution is 2.17. The van der Waals surface area contributed by atoms with E-state index in [1.165, 1.54) is 21.9 Å². The monoisotopic (exact) mass is 292 g/mol. The summed E-state index contributed by atoms with van der Waals surface area (Å²) < 4.78 is 0. The van der Waals surface area contributed by atoms with Crippen LogP contribution in [0.15, 0.2) is 54.6 Å². The molecule has 2 nitrogen and oxygen atoms in total. The van der Waals surface area contributed by atoms with E-state index in [1.807, 2.05) is 19.9 Å². The lowest BCUT2D eigenvalue weighted by Crippen LogP contribution is -1.99. The molecule has 0 aliphatic rings. The van der Waals surface area contributed by atoms with E-state index in [4.69, 9.17) is 5.73 Å². The summed E-state index contributed by atoms with van der Waals surface area (Å²) in [7, 11) is 0. The second-order valence-electron chi connectivity index (χ2n) is 5.24. The predicted molar refractivity (Wildman–Crippen MR) is 96.1 cm³/mol. The Kier molecular flexibility index (Phi) is 5.54. The number of benzene rings is 2. The molecule has 0 amide bonds. The van der Waals surface area contributed by atoms with Crippen molar-refractivity contribution in [2.75, 3.05) is 5.73 Å². The Labute approximate surface area is 133 Å². The summed E-state index contributed by atoms with van der Waals surface area (Å²) in [5.41, 5.74) is 9.37. The van der Waals surface area contributed by atoms with Crippen molar-refractivity contribution >= 4 is 16.6 Å². The topological polar surface area (TPSA) is 38.9 Å². The van der Waals surface area contributed by atoms with Crippen LogP contribution in [0.4, 0.5) is 5.82 Å². The van der Waals surface area contributed by atoms with Gasteiger partial charge in [0.15, 0.2) is 0 Å². The van der Waals surface area contributed by atoms with Crippen molar-refractivity contribution in [3.05, 3.63) is 71.4 Å². The standard InChI is InChI=1S/C18H18N2.C2H6/c1-13-10-17(20-18(19)11-13)9-7-14-6-8-15-4-2-3-5-16(15)12-14;1-2/h2-6,8,10-12H,7,9H2,1H3,(H2,19,20);1-2H3. The average Bonchev–Trinajstić information content (AvgIpc) is 2.54. The molecule has 0 saturated heterocycles. The molecule has 0 bridgehead atoms. The summed E-state index contributed by atoms with van der Waals surface area (Å²) in [6.45, 7) is 6.05. The van der Waals surface area contributed by atoms with Crippen LogP contribution in [0, 0.1) is 6.92 Å². The molecule has 0 saturated carbocycles. The minimum atomic E-state index is 0.610. The molecule has 0 aliphatic heterocycles. The number of nitrogen functional groups attached to an aromatic ring is 1. The van der Waals surface area contributed by atoms with Crippen LogP contribution in [0.3, 0.4) is 0 Å². The number of nitrogens with zero attached hydrogens (tertiary/aromatic N) is 1. The van der Waals surface area contributed by atoms with E-state index in [-0.39, 0.29) is 0 Å². The average molecular weight is 292 g/mol. The molecule has 3 rings (SSSR count). The largest absolute Gasteiger partial charge is 0.384 e. The second-order valence-corrected chi connectivity index (χ2v) is 5.24. The Morgan fingerprint density at radius 3 is 2.32 bits per heavy atom. The molecule has 1 aromatic heterocycles. The molecule has 3 aromatic rings. The summed E-state index contributed by atoms with van der Waals surface area (Å²) in [6, 6.07) is 19.1. The summed E-state index contributed by atoms with van der Waals surface area (Å²) in [4.78, 5) is 4.39. The van der Waals surface area contributed by atoms with Gasteiger partial charge in [-0.25, -0.2) is 4.98 Å². The van der Waals surface area contributed by atoms with E-state index in [0.717, 1.165) is 18.5 Å². The number of nitrogens with two attached hydrogens (primary N) is 1. The van der Waals surface area contributed by atoms with Crippen LogP contribution in [0.2, 0.25) is 0 Å². The maximum absolute atomic E-state index is 5.79. The molecule has 0 spiro atoms. The quantitative estimate of drug-likeness (QED) is 0.743. The molecule has 22 heavy (non-hydrogen) atoms. The molecule has 0 unspecified atom stereocenters. The van der Waals surface area contributed by atoms with E-state index in [1.54, 1.807) is 0 Å². The Balaban J connectivity index is 0.000000847. The fourth-order valence-electron chi connectivity index (χ4n) is 2.56. The van der Waals surface area contributed by atoms with E-state index in [9.17, 15) is 0 Å². The van der Waals surface area contributed by atoms with Gasteiger partial charge in [-0.05, 0) is 53.8 Å². The second kappa shape index (κ2) is 7.60. The molecule has 2 heteroatoms. The lowest BCUT2D eigenvalue weighted by molar-refractivity contribution is 0.915. The van der Waals surface area contributed by atoms with Gasteiger partial charge in [-0.2, -0.15) is 0 Å². The number of anilines is 1. The molecule has 0 fully saturated rings. The third-order valence-corrected chi connectivity index (χ3v) is 3.53. The molecule has 2 N–H and O–H groups in total. The lowest BCUT2D eigenvalue weighted by Gasteiger charge is -2.06. The smallest absolute Gasteiger partial charge is 0.123 e. The first-order valence-corrected chi connectivity index (χ1v) is 7.91. The van der Waals surface area contributed by atoms with Crippen molar-refractivity contribution in [2.24, 2.45) is 0 Å². The fourth-order valence-corrected chi connectivity index (χ4v) is 2.56. The molecule has 0 aliphatic carbocycles. The maximum Gasteiger partial charge on any atom is 0.123 e. The van der Waals surface area contributed by atoms with Crippen molar-refractivity contribution in [1.29, 1.82) is 0 Å². The summed E-state index contributed by atoms with van der Waals surface area (Å²) in [5, 5.41) is 2.58. The number of hydrogen-bond acceptors (Lipinski definition) is 2. The fraction of sp³-hybridized carbons (Fsp3) is 0.250. The minimum absolute atomic E-state index is 0.610. The molecule has 0 radical (unpaired) electrons. The minimum Gasteiger partial charge on any atom is -0.384 e. The first-order valence-electron chi connectivity index (χ1n) is 7.91. The highest BCUT2D eigenvalue weighted by molar-refractivity contribution is 5.82. The van der Waals surface area contributed by atoms with Crippen LogP contribution in [0.5, 0.6) is 0 Å². The third kappa shape index (κ3) is 4.08. The molecule has 0 atom stereocenters. The van der Waals surface area contributed by atoms with Gasteiger partial charge in [0.05, 0.1) is 0 Å². The van der Waals surface area contributed by atoms with E-state index < -0.39 is 0 Å². The van der Waals surface area contributed by atoms with Crippen LogP contribution in [-0.2, 0) is 12.8 Å². The van der Waals surface area contributed by atoms with Crippen LogP contribution in [0.25, 0.3) is 10.8 Å². The first kappa shape index (κ1) is 16.0. The Morgan fingerprint density at radius 1 is 0.864 bits per heavy atom. The zero-order valence-electron chi connectivity index (χ0n) is 13.6. The van der Waals surface area contributed by atoms with Crippen molar-refractivity contribution in [2.45, 2.75) is 33.6 Å². The zero-order chi connectivity index (χ0) is 15.9. The highest BCUT2D eigenvalue weighted by Gasteiger charge is 2.01. The molecular formula is C20H24N2. The first-order chi connectivity index (χ1) is 10.7. The zero-order valence-corrected chi connectivity index (χ0v) is 13.6. The number of fused-ring (bicyclic) bond motifs is 1. The third-order valence-electron chi connectivity index (χ3n) is 3.53. The molecule has 114 valence electrons. The van der Waals surface area contributed by atoms with Crippen LogP contribution in [0.1, 0.15) is 30.7 Å². The Hall–Kier alpha value is -2.35. The van der Waals surface area contributed by atoms with Gasteiger partial charge in [0.2, 0.25) is 0 Å². The van der Waals surface area contributed by atoms with E-state index in [2.05, 4.69) is 60.4 Å². The van der Waals surface area contributed by atoms with Crippen molar-refractivity contribution in [1.82, 2.24) is 4.98 Å². The number of rotatable bonds is 3. The van der Waals surface area contributed by atoms with E-state index >= 15 is 0 Å². The van der Waals surface area contributed by atoms with Crippen molar-refractivity contribution < 1.29 is 0 Å². The van der Waals surface area contributed by atoms with Gasteiger partial charge in [0.1, 0.15) is 5.82 Å². The predicted octanol–water partition coefficient (Wildman–Crippen LogP) is 4.94. The van der Waals surface area contributed by atoms with Gasteiger partial charge in [0.25, 0.3) is 0 Å². The number of aryl methyl sites for hydroxylation is 3. The van der Waals surface area contributed by atoms with Crippen LogP contribution in [-0.4, -0.2) is 4.98 Å². The van der Waals surface area contributed by atoms with Gasteiger partial charge in [-0.3, -0.25) is 0 Å². The molecule has 2 aromatic carbocycles. The Morgan fingerprint density at radius 2 is 1.59 bits per heavy atom. The van der Waals surface area contributed by atoms with Crippen LogP contribution >= 0.6 is 0 Å². The van der Waals surface area contributed by atoms with E-state index in [0.29, 0.717) is 5.82 Å². The highest BCUT2D eigenvalue weighted by atomic mass is 14.8. The van der Waals surface area contributed by atoms with Gasteiger partial charge in [0, 0.05) is 5.69 Å². The SMILES string of the molecule is CC.Cc1cc(N)nc(CCc2ccc3ccccc3c2)c1. The number of aromatic nitrogens is 1. The summed E-state index contributed by atoms with van der Waals surface area (Å²) in [5.74, 6) is 0.610. The lowest BCUT2D eigenvalue weighted by atomic mass is 10.0. The number of hydrogen-bond donors (Lipinski definition) is 1. The van der Waals surface area contributed by atoms with Gasteiger partial charge in [-0.15, -0.1) is 0 Å². The summed E-state index contributed by atoms with van der Waals surface area (Å²) in [6.07, 6.45) is 1.91. The Bertz CT molecular complexity index is 727. The van der Waals surface area contributed by atoms with Crippen LogP contribution < -0.4 is 5.73 Å². The van der Waals surface area contributed by atoms with Gasteiger partial charge < -0.3 is 5.73 Å². The van der Waals surface area contributed by atoms with Gasteiger partial charge >= 0.3 is 0 Å². The van der Waals surface area contributed by atoms with Crippen molar-refractivity contribution in [3.63, 3.8) is 0 Å². The maximum atomic E-state index is 5.79. The normalized spacial score (nSPS) is 10.1. The molecular weight excluding hydrogens is 268 g/mol.